The quantitative estimate of drug-likeness (QED) is 0.844. The summed E-state index contributed by atoms with van der Waals surface area (Å²) in [6.45, 7) is 4.67. The fourth-order valence-corrected chi connectivity index (χ4v) is 4.84. The Morgan fingerprint density at radius 3 is 2.78 bits per heavy atom. The summed E-state index contributed by atoms with van der Waals surface area (Å²) in [5.41, 5.74) is 2.03. The molecule has 1 saturated carbocycles. The molecular formula is C14H21N3S. The maximum absolute atomic E-state index is 4.86. The standard InChI is InChI=1S/C14H21N3S/c1-2-5-14(6-3-1)9-17(10-14)13-16-11-4-7-15-8-12(11)18-13/h15H,1-10H2. The first-order valence-electron chi connectivity index (χ1n) is 7.29. The van der Waals surface area contributed by atoms with Crippen molar-refractivity contribution in [1.82, 2.24) is 10.3 Å². The molecule has 98 valence electrons. The van der Waals surface area contributed by atoms with E-state index in [2.05, 4.69) is 10.2 Å². The molecule has 3 nitrogen and oxygen atoms in total. The molecule has 1 N–H and O–H groups in total. The molecule has 18 heavy (non-hydrogen) atoms. The minimum absolute atomic E-state index is 0.669. The second-order valence-electron chi connectivity index (χ2n) is 6.21. The molecule has 0 radical (unpaired) electrons. The van der Waals surface area contributed by atoms with Crippen molar-refractivity contribution in [3.05, 3.63) is 10.6 Å². The van der Waals surface area contributed by atoms with Gasteiger partial charge in [0.2, 0.25) is 0 Å². The van der Waals surface area contributed by atoms with Gasteiger partial charge >= 0.3 is 0 Å². The van der Waals surface area contributed by atoms with Crippen molar-refractivity contribution in [3.63, 3.8) is 0 Å². The third-order valence-corrected chi connectivity index (χ3v) is 5.99. The summed E-state index contributed by atoms with van der Waals surface area (Å²) in [5.74, 6) is 0. The first kappa shape index (κ1) is 11.2. The highest BCUT2D eigenvalue weighted by Crippen LogP contribution is 2.46. The van der Waals surface area contributed by atoms with E-state index in [9.17, 15) is 0 Å². The maximum atomic E-state index is 4.86. The van der Waals surface area contributed by atoms with Crippen LogP contribution in [0.1, 0.15) is 42.7 Å². The van der Waals surface area contributed by atoms with Crippen LogP contribution in [0.4, 0.5) is 5.13 Å². The van der Waals surface area contributed by atoms with Crippen molar-refractivity contribution in [2.75, 3.05) is 24.5 Å². The Morgan fingerprint density at radius 1 is 1.17 bits per heavy atom. The Bertz CT molecular complexity index is 416. The van der Waals surface area contributed by atoms with Crippen LogP contribution in [0.5, 0.6) is 0 Å². The highest BCUT2D eigenvalue weighted by Gasteiger charge is 2.44. The van der Waals surface area contributed by atoms with Crippen molar-refractivity contribution in [1.29, 1.82) is 0 Å². The van der Waals surface area contributed by atoms with Crippen molar-refractivity contribution >= 4 is 16.5 Å². The molecule has 2 fully saturated rings. The zero-order valence-electron chi connectivity index (χ0n) is 10.9. The van der Waals surface area contributed by atoms with Gasteiger partial charge in [-0.15, -0.1) is 11.3 Å². The number of anilines is 1. The number of nitrogens with one attached hydrogen (secondary N) is 1. The topological polar surface area (TPSA) is 28.2 Å². The van der Waals surface area contributed by atoms with Crippen molar-refractivity contribution in [2.45, 2.75) is 45.1 Å². The lowest BCUT2D eigenvalue weighted by molar-refractivity contribution is 0.139. The van der Waals surface area contributed by atoms with Gasteiger partial charge in [0.1, 0.15) is 0 Å². The van der Waals surface area contributed by atoms with Crippen LogP contribution in [-0.2, 0) is 13.0 Å². The third kappa shape index (κ3) is 1.77. The van der Waals surface area contributed by atoms with Crippen molar-refractivity contribution in [2.24, 2.45) is 5.41 Å². The second-order valence-corrected chi connectivity index (χ2v) is 7.27. The molecule has 0 aromatic carbocycles. The molecule has 1 aromatic rings. The van der Waals surface area contributed by atoms with Gasteiger partial charge in [-0.2, -0.15) is 0 Å². The van der Waals surface area contributed by atoms with E-state index >= 15 is 0 Å². The maximum Gasteiger partial charge on any atom is 0.185 e. The van der Waals surface area contributed by atoms with Crippen LogP contribution >= 0.6 is 11.3 Å². The van der Waals surface area contributed by atoms with Crippen LogP contribution in [0.25, 0.3) is 0 Å². The van der Waals surface area contributed by atoms with Gasteiger partial charge in [-0.1, -0.05) is 19.3 Å². The number of hydrogen-bond acceptors (Lipinski definition) is 4. The lowest BCUT2D eigenvalue weighted by Gasteiger charge is -2.52. The number of rotatable bonds is 1. The SMILES string of the molecule is C1CCC2(CC1)CN(c1nc3c(s1)CNCC3)C2. The molecule has 0 bridgehead atoms. The summed E-state index contributed by atoms with van der Waals surface area (Å²) in [6, 6.07) is 0. The fourth-order valence-electron chi connectivity index (χ4n) is 3.76. The summed E-state index contributed by atoms with van der Waals surface area (Å²) in [7, 11) is 0. The van der Waals surface area contributed by atoms with E-state index in [0.717, 1.165) is 19.5 Å². The zero-order chi connectivity index (χ0) is 12.0. The van der Waals surface area contributed by atoms with E-state index in [4.69, 9.17) is 4.98 Å². The summed E-state index contributed by atoms with van der Waals surface area (Å²) >= 11 is 1.92. The largest absolute Gasteiger partial charge is 0.347 e. The fraction of sp³-hybridized carbons (Fsp3) is 0.786. The number of thiazole rings is 1. The first-order chi connectivity index (χ1) is 8.85. The summed E-state index contributed by atoms with van der Waals surface area (Å²) in [4.78, 5) is 8.85. The second kappa shape index (κ2) is 4.20. The smallest absolute Gasteiger partial charge is 0.185 e. The Balaban J connectivity index is 1.47. The van der Waals surface area contributed by atoms with Crippen molar-refractivity contribution < 1.29 is 0 Å². The van der Waals surface area contributed by atoms with Crippen LogP contribution in [0.2, 0.25) is 0 Å². The monoisotopic (exact) mass is 263 g/mol. The van der Waals surface area contributed by atoms with Crippen LogP contribution < -0.4 is 10.2 Å². The van der Waals surface area contributed by atoms with Crippen LogP contribution in [0.15, 0.2) is 0 Å². The number of nitrogens with zero attached hydrogens (tertiary/aromatic N) is 2. The molecule has 1 saturated heterocycles. The van der Waals surface area contributed by atoms with E-state index in [0.29, 0.717) is 5.41 Å². The summed E-state index contributed by atoms with van der Waals surface area (Å²) in [5, 5.41) is 4.73. The van der Waals surface area contributed by atoms with Gasteiger partial charge < -0.3 is 10.2 Å². The number of aromatic nitrogens is 1. The van der Waals surface area contributed by atoms with Gasteiger partial charge in [0, 0.05) is 42.9 Å². The van der Waals surface area contributed by atoms with Crippen LogP contribution in [-0.4, -0.2) is 24.6 Å². The van der Waals surface area contributed by atoms with Crippen LogP contribution in [0, 0.1) is 5.41 Å². The number of fused-ring (bicyclic) bond motifs is 1. The summed E-state index contributed by atoms with van der Waals surface area (Å²) < 4.78 is 0. The predicted molar refractivity (Wildman–Crippen MR) is 75.3 cm³/mol. The lowest BCUT2D eigenvalue weighted by atomic mass is 9.69. The summed E-state index contributed by atoms with van der Waals surface area (Å²) in [6.07, 6.45) is 8.38. The van der Waals surface area contributed by atoms with Gasteiger partial charge in [0.25, 0.3) is 0 Å². The van der Waals surface area contributed by atoms with E-state index in [-0.39, 0.29) is 0 Å². The molecule has 1 spiro atoms. The molecule has 2 aliphatic heterocycles. The molecule has 1 aromatic heterocycles. The molecule has 3 heterocycles. The average molecular weight is 263 g/mol. The predicted octanol–water partition coefficient (Wildman–Crippen LogP) is 2.56. The molecule has 3 aliphatic rings. The molecule has 0 amide bonds. The average Bonchev–Trinajstić information content (AvgIpc) is 2.80. The zero-order valence-corrected chi connectivity index (χ0v) is 11.7. The molecule has 1 aliphatic carbocycles. The normalized spacial score (nSPS) is 25.9. The highest BCUT2D eigenvalue weighted by atomic mass is 32.1. The Morgan fingerprint density at radius 2 is 2.00 bits per heavy atom. The molecular weight excluding hydrogens is 242 g/mol. The Hall–Kier alpha value is -0.610. The van der Waals surface area contributed by atoms with Gasteiger partial charge in [-0.25, -0.2) is 4.98 Å². The Kier molecular flexibility index (Phi) is 2.62. The van der Waals surface area contributed by atoms with E-state index < -0.39 is 0 Å². The van der Waals surface area contributed by atoms with Crippen LogP contribution in [0.3, 0.4) is 0 Å². The highest BCUT2D eigenvalue weighted by molar-refractivity contribution is 7.15. The third-order valence-electron chi connectivity index (χ3n) is 4.83. The van der Waals surface area contributed by atoms with Gasteiger partial charge in [0.05, 0.1) is 5.69 Å². The van der Waals surface area contributed by atoms with Gasteiger partial charge in [-0.3, -0.25) is 0 Å². The minimum atomic E-state index is 0.669. The molecule has 4 rings (SSSR count). The van der Waals surface area contributed by atoms with Gasteiger partial charge in [0.15, 0.2) is 5.13 Å². The molecule has 0 unspecified atom stereocenters. The van der Waals surface area contributed by atoms with E-state index in [1.807, 2.05) is 11.3 Å². The van der Waals surface area contributed by atoms with Crippen molar-refractivity contribution in [3.8, 4) is 0 Å². The van der Waals surface area contributed by atoms with E-state index in [1.165, 1.54) is 60.9 Å². The Labute approximate surface area is 113 Å². The van der Waals surface area contributed by atoms with E-state index in [1.54, 1.807) is 0 Å². The number of hydrogen-bond donors (Lipinski definition) is 1. The lowest BCUT2D eigenvalue weighted by Crippen LogP contribution is -2.57. The minimum Gasteiger partial charge on any atom is -0.347 e. The molecule has 4 heteroatoms. The first-order valence-corrected chi connectivity index (χ1v) is 8.11. The molecule has 0 atom stereocenters. The van der Waals surface area contributed by atoms with Gasteiger partial charge in [-0.05, 0) is 12.8 Å².